The fourth-order valence-corrected chi connectivity index (χ4v) is 10.7. The van der Waals surface area contributed by atoms with Gasteiger partial charge in [-0.3, -0.25) is 24.2 Å². The average Bonchev–Trinajstić information content (AvgIpc) is 3.83. The molecule has 0 atom stereocenters. The number of rotatable bonds is 11. The minimum atomic E-state index is -0.622. The fraction of sp³-hybridized carbons (Fsp3) is 0.491. The topological polar surface area (TPSA) is 167 Å². The van der Waals surface area contributed by atoms with E-state index in [0.717, 1.165) is 122 Å². The number of benzene rings is 2. The molecule has 3 aromatic heterocycles. The van der Waals surface area contributed by atoms with Crippen LogP contribution in [0.15, 0.2) is 67.3 Å². The maximum atomic E-state index is 13.7. The van der Waals surface area contributed by atoms with Crippen LogP contribution in [0.3, 0.4) is 0 Å². The van der Waals surface area contributed by atoms with E-state index >= 15 is 0 Å². The molecule has 1 N–H and O–H groups in total. The van der Waals surface area contributed by atoms with Crippen molar-refractivity contribution in [3.8, 4) is 11.6 Å². The molecular formula is C53H66N12O6. The Hall–Kier alpha value is -6.95. The molecule has 18 heteroatoms. The van der Waals surface area contributed by atoms with Gasteiger partial charge in [-0.2, -0.15) is 5.10 Å². The van der Waals surface area contributed by atoms with E-state index in [0.29, 0.717) is 62.1 Å². The first-order valence-corrected chi connectivity index (χ1v) is 25.1. The summed E-state index contributed by atoms with van der Waals surface area (Å²) in [4.78, 5) is 66.2. The van der Waals surface area contributed by atoms with Crippen molar-refractivity contribution in [2.24, 2.45) is 5.92 Å². The zero-order valence-corrected chi connectivity index (χ0v) is 41.9. The molecule has 2 aromatic carbocycles. The van der Waals surface area contributed by atoms with Gasteiger partial charge in [0, 0.05) is 81.6 Å². The number of aryl methyl sites for hydroxylation is 1. The molecule has 5 aliphatic rings. The standard InChI is InChI=1S/C53H66N12O6/c1-35-27-42(9-12-45(35)62-24-18-47(66)64(51(62)67)32-37-7-10-43(69-6)11-8-37)60-21-13-38(14-22-60)31-59-19-16-41(17-20-59)65-33-40(29-56-65)57-50-55-28-39-15-23-61(34-44(39)58-50)46-30-54-49-48(36(46)2)63(25-26-70-49)52(68)71-53(3,4)5/h7-12,27-30,33,38,41H,13-26,31-32,34H2,1-6H3,(H,55,57,58). The number of anilines is 6. The molecule has 0 aliphatic carbocycles. The Morgan fingerprint density at radius 3 is 2.39 bits per heavy atom. The van der Waals surface area contributed by atoms with Gasteiger partial charge in [0.05, 0.1) is 62.2 Å². The van der Waals surface area contributed by atoms with Crippen molar-refractivity contribution >= 4 is 52.4 Å². The van der Waals surface area contributed by atoms with E-state index in [4.69, 9.17) is 24.3 Å². The predicted octanol–water partition coefficient (Wildman–Crippen LogP) is 8.05. The van der Waals surface area contributed by atoms with Crippen LogP contribution < -0.4 is 34.4 Å². The second-order valence-corrected chi connectivity index (χ2v) is 20.5. The summed E-state index contributed by atoms with van der Waals surface area (Å²) in [5.74, 6) is 2.20. The smallest absolute Gasteiger partial charge is 0.415 e. The van der Waals surface area contributed by atoms with Gasteiger partial charge < -0.3 is 34.2 Å². The summed E-state index contributed by atoms with van der Waals surface area (Å²) in [5.41, 5.74) is 8.74. The van der Waals surface area contributed by atoms with Crippen molar-refractivity contribution in [1.82, 2.24) is 34.5 Å². The number of aromatic nitrogens is 5. The molecule has 0 spiro atoms. The molecule has 374 valence electrons. The van der Waals surface area contributed by atoms with Crippen molar-refractivity contribution in [1.29, 1.82) is 0 Å². The van der Waals surface area contributed by atoms with Gasteiger partial charge in [0.15, 0.2) is 0 Å². The van der Waals surface area contributed by atoms with Crippen LogP contribution in [-0.2, 0) is 29.0 Å². The second-order valence-electron chi connectivity index (χ2n) is 20.5. The Morgan fingerprint density at radius 1 is 0.859 bits per heavy atom. The Morgan fingerprint density at radius 2 is 1.65 bits per heavy atom. The molecule has 0 saturated carbocycles. The molecule has 8 heterocycles. The number of carbonyl (C=O) groups is 3. The number of urea groups is 1. The van der Waals surface area contributed by atoms with Crippen LogP contribution in [0, 0.1) is 19.8 Å². The number of hydrogen-bond acceptors (Lipinski definition) is 14. The molecule has 10 rings (SSSR count). The Balaban J connectivity index is 0.688. The highest BCUT2D eigenvalue weighted by molar-refractivity contribution is 6.06. The molecule has 3 fully saturated rings. The van der Waals surface area contributed by atoms with Crippen LogP contribution in [0.2, 0.25) is 0 Å². The van der Waals surface area contributed by atoms with E-state index in [1.165, 1.54) is 10.6 Å². The summed E-state index contributed by atoms with van der Waals surface area (Å²) in [6, 6.07) is 13.9. The highest BCUT2D eigenvalue weighted by Gasteiger charge is 2.35. The van der Waals surface area contributed by atoms with Gasteiger partial charge in [0.2, 0.25) is 17.7 Å². The van der Waals surface area contributed by atoms with Crippen LogP contribution >= 0.6 is 0 Å². The van der Waals surface area contributed by atoms with Crippen LogP contribution in [0.25, 0.3) is 0 Å². The Kier molecular flexibility index (Phi) is 13.5. The zero-order chi connectivity index (χ0) is 49.4. The van der Waals surface area contributed by atoms with Gasteiger partial charge in [-0.25, -0.2) is 24.5 Å². The lowest BCUT2D eigenvalue weighted by Crippen LogP contribution is -2.52. The zero-order valence-electron chi connectivity index (χ0n) is 41.9. The Bertz CT molecular complexity index is 2760. The van der Waals surface area contributed by atoms with E-state index in [9.17, 15) is 14.4 Å². The van der Waals surface area contributed by atoms with E-state index in [-0.39, 0.29) is 18.5 Å². The summed E-state index contributed by atoms with van der Waals surface area (Å²) in [7, 11) is 1.62. The van der Waals surface area contributed by atoms with Crippen LogP contribution in [0.4, 0.5) is 44.0 Å². The highest BCUT2D eigenvalue weighted by atomic mass is 16.6. The first-order chi connectivity index (χ1) is 34.3. The van der Waals surface area contributed by atoms with Crippen molar-refractivity contribution in [2.45, 2.75) is 97.9 Å². The molecule has 4 amide bonds. The largest absolute Gasteiger partial charge is 0.497 e. The molecule has 18 nitrogen and oxygen atoms in total. The third-order valence-corrected chi connectivity index (χ3v) is 14.5. The lowest BCUT2D eigenvalue weighted by molar-refractivity contribution is -0.129. The molecule has 0 bridgehead atoms. The summed E-state index contributed by atoms with van der Waals surface area (Å²) < 4.78 is 19.0. The molecule has 3 saturated heterocycles. The van der Waals surface area contributed by atoms with Gasteiger partial charge in [0.25, 0.3) is 0 Å². The van der Waals surface area contributed by atoms with Crippen molar-refractivity contribution < 1.29 is 28.6 Å². The van der Waals surface area contributed by atoms with Gasteiger partial charge >= 0.3 is 12.1 Å². The SMILES string of the molecule is COc1ccc(CN2C(=O)CCN(c3ccc(N4CCC(CN5CCC(n6cc(Nc7ncc8c(n7)CN(c7cnc9c(c7C)N(C(=O)OC(C)(C)C)CCO9)CC8)cn6)CC5)CC4)cc3C)C2=O)cc1. The number of amides is 4. The number of methoxy groups -OCH3 is 1. The number of hydrogen-bond donors (Lipinski definition) is 1. The van der Waals surface area contributed by atoms with Crippen LogP contribution in [0.1, 0.15) is 86.9 Å². The van der Waals surface area contributed by atoms with Crippen LogP contribution in [-0.4, -0.2) is 124 Å². The van der Waals surface area contributed by atoms with Crippen molar-refractivity contribution in [3.63, 3.8) is 0 Å². The lowest BCUT2D eigenvalue weighted by Gasteiger charge is -2.39. The Labute approximate surface area is 415 Å². The maximum Gasteiger partial charge on any atom is 0.415 e. The van der Waals surface area contributed by atoms with E-state index < -0.39 is 11.7 Å². The maximum absolute atomic E-state index is 13.7. The molecule has 5 aliphatic heterocycles. The molecule has 5 aromatic rings. The minimum Gasteiger partial charge on any atom is -0.497 e. The number of imide groups is 1. The van der Waals surface area contributed by atoms with E-state index in [1.807, 2.05) is 76.6 Å². The summed E-state index contributed by atoms with van der Waals surface area (Å²) in [5, 5.41) is 8.19. The quantitative estimate of drug-likeness (QED) is 0.135. The minimum absolute atomic E-state index is 0.151. The lowest BCUT2D eigenvalue weighted by atomic mass is 9.94. The van der Waals surface area contributed by atoms with Gasteiger partial charge in [-0.05, 0) is 120 Å². The van der Waals surface area contributed by atoms with E-state index in [2.05, 4.69) is 59.9 Å². The number of nitrogens with one attached hydrogen (secondary N) is 1. The fourth-order valence-electron chi connectivity index (χ4n) is 10.7. The van der Waals surface area contributed by atoms with Gasteiger partial charge in [-0.15, -0.1) is 0 Å². The summed E-state index contributed by atoms with van der Waals surface area (Å²) in [6.45, 7) is 17.6. The van der Waals surface area contributed by atoms with Crippen molar-refractivity contribution in [3.05, 3.63) is 95.2 Å². The predicted molar refractivity (Wildman–Crippen MR) is 272 cm³/mol. The summed E-state index contributed by atoms with van der Waals surface area (Å²) >= 11 is 0. The number of ether oxygens (including phenoxy) is 3. The molecule has 0 unspecified atom stereocenters. The third-order valence-electron chi connectivity index (χ3n) is 14.5. The van der Waals surface area contributed by atoms with E-state index in [1.54, 1.807) is 16.9 Å². The number of nitrogens with zero attached hydrogens (tertiary/aromatic N) is 11. The van der Waals surface area contributed by atoms with Crippen molar-refractivity contribution in [2.75, 3.05) is 91.0 Å². The first kappa shape index (κ1) is 47.7. The summed E-state index contributed by atoms with van der Waals surface area (Å²) in [6.07, 6.45) is 12.7. The number of likely N-dealkylation sites (tertiary alicyclic amines) is 1. The number of fused-ring (bicyclic) bond motifs is 2. The monoisotopic (exact) mass is 967 g/mol. The second kappa shape index (κ2) is 20.0. The normalized spacial score (nSPS) is 18.3. The molecular weight excluding hydrogens is 901 g/mol. The number of pyridine rings is 1. The third kappa shape index (κ3) is 10.4. The first-order valence-electron chi connectivity index (χ1n) is 25.1. The molecule has 0 radical (unpaired) electrons. The highest BCUT2D eigenvalue weighted by Crippen LogP contribution is 2.40. The van der Waals surface area contributed by atoms with Gasteiger partial charge in [0.1, 0.15) is 23.6 Å². The van der Waals surface area contributed by atoms with Gasteiger partial charge in [-0.1, -0.05) is 12.1 Å². The average molecular weight is 967 g/mol. The molecule has 71 heavy (non-hydrogen) atoms. The number of piperidine rings is 2. The van der Waals surface area contributed by atoms with Crippen LogP contribution in [0.5, 0.6) is 11.6 Å². The number of carbonyl (C=O) groups excluding carboxylic acids is 3.